The zero-order valence-corrected chi connectivity index (χ0v) is 22.2. The second-order valence-corrected chi connectivity index (χ2v) is 10.5. The number of likely N-dealkylation sites (tertiary alicyclic amines) is 1. The minimum atomic E-state index is -0.483. The Morgan fingerprint density at radius 1 is 1.11 bits per heavy atom. The number of thioether (sulfide) groups is 1. The van der Waals surface area contributed by atoms with Gasteiger partial charge in [-0.2, -0.15) is 0 Å². The van der Waals surface area contributed by atoms with Crippen LogP contribution in [-0.4, -0.2) is 56.0 Å². The maximum absolute atomic E-state index is 12.9. The monoisotopic (exact) mass is 534 g/mol. The van der Waals surface area contributed by atoms with E-state index in [0.717, 1.165) is 30.4 Å². The first-order valence-electron chi connectivity index (χ1n) is 11.5. The van der Waals surface area contributed by atoms with Gasteiger partial charge in [-0.25, -0.2) is 4.98 Å². The predicted octanol–water partition coefficient (Wildman–Crippen LogP) is 5.64. The minimum Gasteiger partial charge on any atom is -0.497 e. The number of aromatic nitrogens is 4. The van der Waals surface area contributed by atoms with Gasteiger partial charge in [-0.05, 0) is 70.1 Å². The molecule has 0 spiro atoms. The van der Waals surface area contributed by atoms with E-state index in [9.17, 15) is 4.79 Å². The molecule has 4 rings (SSSR count). The molecule has 0 bridgehead atoms. The highest BCUT2D eigenvalue weighted by atomic mass is 35.5. The molecule has 0 saturated carbocycles. The average Bonchev–Trinajstić information content (AvgIpc) is 3.29. The first kappa shape index (κ1) is 25.8. The normalized spacial score (nSPS) is 16.0. The number of amides is 1. The summed E-state index contributed by atoms with van der Waals surface area (Å²) in [5, 5.41) is 12.7. The summed E-state index contributed by atoms with van der Waals surface area (Å²) in [5.41, 5.74) is 0.909. The number of rotatable bonds is 8. The molecule has 0 radical (unpaired) electrons. The van der Waals surface area contributed by atoms with Crippen LogP contribution in [0.4, 0.5) is 5.82 Å². The molecule has 11 heteroatoms. The Labute approximate surface area is 219 Å². The smallest absolute Gasteiger partial charge is 0.238 e. The van der Waals surface area contributed by atoms with Gasteiger partial charge < -0.3 is 10.1 Å². The zero-order valence-electron chi connectivity index (χ0n) is 19.9. The molecule has 1 saturated heterocycles. The van der Waals surface area contributed by atoms with Crippen molar-refractivity contribution >= 4 is 46.7 Å². The third kappa shape index (κ3) is 6.09. The third-order valence-electron chi connectivity index (χ3n) is 6.00. The number of nitrogens with zero attached hydrogens (tertiary/aromatic N) is 5. The highest BCUT2D eigenvalue weighted by Crippen LogP contribution is 2.32. The molecule has 0 unspecified atom stereocenters. The van der Waals surface area contributed by atoms with E-state index in [1.807, 2.05) is 35.8 Å². The molecule has 3 heterocycles. The minimum absolute atomic E-state index is 0.0838. The van der Waals surface area contributed by atoms with E-state index < -0.39 is 5.25 Å². The quantitative estimate of drug-likeness (QED) is 0.374. The van der Waals surface area contributed by atoms with Crippen molar-refractivity contribution in [2.45, 2.75) is 49.6 Å². The van der Waals surface area contributed by atoms with Gasteiger partial charge in [0.2, 0.25) is 5.91 Å². The summed E-state index contributed by atoms with van der Waals surface area (Å²) in [5.74, 6) is 1.63. The summed E-state index contributed by atoms with van der Waals surface area (Å²) in [7, 11) is 1.64. The molecule has 2 atom stereocenters. The van der Waals surface area contributed by atoms with E-state index in [4.69, 9.17) is 27.9 Å². The van der Waals surface area contributed by atoms with Gasteiger partial charge in [0.05, 0.1) is 28.4 Å². The average molecular weight is 536 g/mol. The fourth-order valence-electron chi connectivity index (χ4n) is 4.01. The van der Waals surface area contributed by atoms with Crippen LogP contribution in [0.3, 0.4) is 0 Å². The van der Waals surface area contributed by atoms with Crippen LogP contribution in [0.1, 0.15) is 45.0 Å². The number of methoxy groups -OCH3 is 1. The second-order valence-electron chi connectivity index (χ2n) is 8.38. The Morgan fingerprint density at radius 3 is 2.49 bits per heavy atom. The molecular weight excluding hydrogens is 507 g/mol. The van der Waals surface area contributed by atoms with E-state index >= 15 is 0 Å². The van der Waals surface area contributed by atoms with Gasteiger partial charge in [0, 0.05) is 11.9 Å². The highest BCUT2D eigenvalue weighted by Gasteiger charge is 2.27. The number of hydrogen-bond acceptors (Lipinski definition) is 7. The predicted molar refractivity (Wildman–Crippen MR) is 140 cm³/mol. The number of piperidine rings is 1. The topological polar surface area (TPSA) is 85.2 Å². The second kappa shape index (κ2) is 11.6. The lowest BCUT2D eigenvalue weighted by atomic mass is 10.1. The Bertz CT molecular complexity index is 1170. The Morgan fingerprint density at radius 2 is 1.83 bits per heavy atom. The molecule has 0 aliphatic carbocycles. The lowest BCUT2D eigenvalue weighted by molar-refractivity contribution is -0.115. The number of hydrogen-bond donors (Lipinski definition) is 1. The molecule has 8 nitrogen and oxygen atoms in total. The first-order valence-corrected chi connectivity index (χ1v) is 13.1. The summed E-state index contributed by atoms with van der Waals surface area (Å²) in [6, 6.07) is 9.38. The summed E-state index contributed by atoms with van der Waals surface area (Å²) >= 11 is 13.4. The molecule has 2 aromatic heterocycles. The molecule has 1 aliphatic heterocycles. The summed E-state index contributed by atoms with van der Waals surface area (Å²) in [6.07, 6.45) is 5.06. The number of anilines is 1. The SMILES string of the molecule is COc1ccc(-n2c(S[C@H](C)C(=O)Nc3ncc(Cl)cc3Cl)nnc2[C@@H](C)N2CCCCC2)cc1. The van der Waals surface area contributed by atoms with E-state index in [2.05, 4.69) is 32.3 Å². The maximum atomic E-state index is 12.9. The van der Waals surface area contributed by atoms with Crippen molar-refractivity contribution in [1.29, 1.82) is 0 Å². The Kier molecular flexibility index (Phi) is 8.54. The molecular formula is C24H28Cl2N6O2S. The van der Waals surface area contributed by atoms with Gasteiger partial charge in [-0.15, -0.1) is 10.2 Å². The number of nitrogens with one attached hydrogen (secondary N) is 1. The molecule has 35 heavy (non-hydrogen) atoms. The van der Waals surface area contributed by atoms with Crippen molar-refractivity contribution in [2.75, 3.05) is 25.5 Å². The first-order chi connectivity index (χ1) is 16.9. The Hall–Kier alpha value is -2.33. The molecule has 3 aromatic rings. The number of carbonyl (C=O) groups is 1. The van der Waals surface area contributed by atoms with Crippen molar-refractivity contribution in [1.82, 2.24) is 24.6 Å². The van der Waals surface area contributed by atoms with Crippen molar-refractivity contribution < 1.29 is 9.53 Å². The van der Waals surface area contributed by atoms with Crippen LogP contribution in [0.2, 0.25) is 10.0 Å². The van der Waals surface area contributed by atoms with Crippen LogP contribution < -0.4 is 10.1 Å². The van der Waals surface area contributed by atoms with Gasteiger partial charge in [0.25, 0.3) is 0 Å². The van der Waals surface area contributed by atoms with E-state index in [1.54, 1.807) is 7.11 Å². The van der Waals surface area contributed by atoms with E-state index in [1.165, 1.54) is 43.3 Å². The largest absolute Gasteiger partial charge is 0.497 e. The lowest BCUT2D eigenvalue weighted by Gasteiger charge is -2.32. The maximum Gasteiger partial charge on any atom is 0.238 e. The lowest BCUT2D eigenvalue weighted by Crippen LogP contribution is -2.33. The Balaban J connectivity index is 1.60. The van der Waals surface area contributed by atoms with Gasteiger partial charge in [-0.1, -0.05) is 41.4 Å². The number of halogens is 2. The highest BCUT2D eigenvalue weighted by molar-refractivity contribution is 8.00. The van der Waals surface area contributed by atoms with Crippen LogP contribution in [0, 0.1) is 0 Å². The van der Waals surface area contributed by atoms with Crippen LogP contribution in [-0.2, 0) is 4.79 Å². The molecule has 186 valence electrons. The third-order valence-corrected chi connectivity index (χ3v) is 7.54. The van der Waals surface area contributed by atoms with E-state index in [-0.39, 0.29) is 22.8 Å². The molecule has 1 amide bonds. The van der Waals surface area contributed by atoms with Crippen LogP contribution in [0.5, 0.6) is 5.75 Å². The number of benzene rings is 1. The number of ether oxygens (including phenoxy) is 1. The summed E-state index contributed by atoms with van der Waals surface area (Å²) in [4.78, 5) is 19.5. The molecule has 1 N–H and O–H groups in total. The van der Waals surface area contributed by atoms with Crippen LogP contribution >= 0.6 is 35.0 Å². The molecule has 1 fully saturated rings. The van der Waals surface area contributed by atoms with Crippen molar-refractivity contribution in [2.24, 2.45) is 0 Å². The van der Waals surface area contributed by atoms with Crippen LogP contribution in [0.15, 0.2) is 41.7 Å². The summed E-state index contributed by atoms with van der Waals surface area (Å²) < 4.78 is 7.36. The van der Waals surface area contributed by atoms with Crippen molar-refractivity contribution in [3.8, 4) is 11.4 Å². The number of pyridine rings is 1. The van der Waals surface area contributed by atoms with Gasteiger partial charge >= 0.3 is 0 Å². The standard InChI is InChI=1S/C24H28Cl2N6O2S/c1-15(31-11-5-4-6-12-31)22-29-30-24(32(22)18-7-9-19(34-3)10-8-18)35-16(2)23(33)28-21-20(26)13-17(25)14-27-21/h7-10,13-16H,4-6,11-12H2,1-3H3,(H,27,28,33)/t15-,16-/m1/s1. The van der Waals surface area contributed by atoms with Gasteiger partial charge in [0.15, 0.2) is 16.8 Å². The van der Waals surface area contributed by atoms with Crippen molar-refractivity contribution in [3.05, 3.63) is 52.4 Å². The van der Waals surface area contributed by atoms with Gasteiger partial charge in [-0.3, -0.25) is 14.3 Å². The van der Waals surface area contributed by atoms with Gasteiger partial charge in [0.1, 0.15) is 5.75 Å². The number of carbonyl (C=O) groups excluding carboxylic acids is 1. The summed E-state index contributed by atoms with van der Waals surface area (Å²) in [6.45, 7) is 6.04. The molecule has 1 aliphatic rings. The van der Waals surface area contributed by atoms with Crippen LogP contribution in [0.25, 0.3) is 5.69 Å². The molecule has 1 aromatic carbocycles. The van der Waals surface area contributed by atoms with E-state index in [0.29, 0.717) is 10.2 Å². The zero-order chi connectivity index (χ0) is 24.9. The van der Waals surface area contributed by atoms with Crippen molar-refractivity contribution in [3.63, 3.8) is 0 Å². The fourth-order valence-corrected chi connectivity index (χ4v) is 5.31. The fraction of sp³-hybridized carbons (Fsp3) is 0.417.